The van der Waals surface area contributed by atoms with E-state index in [0.717, 1.165) is 4.90 Å². The summed E-state index contributed by atoms with van der Waals surface area (Å²) in [4.78, 5) is 1.02. The molecular formula is C12H11ClFNS. The molecule has 0 bridgehead atoms. The third kappa shape index (κ3) is 4.55. The van der Waals surface area contributed by atoms with E-state index in [1.807, 2.05) is 30.3 Å². The molecule has 2 N–H and O–H groups in total. The maximum Gasteiger partial charge on any atom is 0.147 e. The molecule has 84 valence electrons. The van der Waals surface area contributed by atoms with Crippen LogP contribution in [0.15, 0.2) is 53.4 Å². The predicted molar refractivity (Wildman–Crippen MR) is 69.5 cm³/mol. The molecule has 0 unspecified atom stereocenters. The summed E-state index contributed by atoms with van der Waals surface area (Å²) in [6.45, 7) is 0. The summed E-state index contributed by atoms with van der Waals surface area (Å²) in [5.41, 5.74) is 5.28. The first-order valence-electron chi connectivity index (χ1n) is 4.54. The van der Waals surface area contributed by atoms with E-state index in [0.29, 0.717) is 5.02 Å². The molecule has 2 rings (SSSR count). The van der Waals surface area contributed by atoms with Gasteiger partial charge in [0.1, 0.15) is 5.82 Å². The lowest BCUT2D eigenvalue weighted by molar-refractivity contribution is 0.632. The zero-order valence-corrected chi connectivity index (χ0v) is 10.0. The second-order valence-electron chi connectivity index (χ2n) is 3.00. The summed E-state index contributed by atoms with van der Waals surface area (Å²) in [6.07, 6.45) is 0. The van der Waals surface area contributed by atoms with Gasteiger partial charge in [-0.25, -0.2) is 4.39 Å². The van der Waals surface area contributed by atoms with Crippen molar-refractivity contribution in [1.82, 2.24) is 0 Å². The molecule has 1 nitrogen and oxygen atoms in total. The minimum atomic E-state index is -0.470. The van der Waals surface area contributed by atoms with Crippen LogP contribution < -0.4 is 5.73 Å². The van der Waals surface area contributed by atoms with Gasteiger partial charge in [-0.2, -0.15) is 0 Å². The lowest BCUT2D eigenvalue weighted by Gasteiger charge is -1.93. The first-order chi connectivity index (χ1) is 7.59. The van der Waals surface area contributed by atoms with Gasteiger partial charge in [0.05, 0.1) is 5.69 Å². The minimum Gasteiger partial charge on any atom is -0.396 e. The number of anilines is 1. The van der Waals surface area contributed by atoms with Crippen LogP contribution in [0.5, 0.6) is 0 Å². The lowest BCUT2D eigenvalue weighted by Crippen LogP contribution is -1.88. The van der Waals surface area contributed by atoms with Gasteiger partial charge in [-0.1, -0.05) is 29.8 Å². The van der Waals surface area contributed by atoms with Gasteiger partial charge in [0.15, 0.2) is 0 Å². The molecular weight excluding hydrogens is 245 g/mol. The third-order valence-corrected chi connectivity index (χ3v) is 2.25. The van der Waals surface area contributed by atoms with Crippen molar-refractivity contribution in [3.63, 3.8) is 0 Å². The molecule has 0 atom stereocenters. The molecule has 0 spiro atoms. The number of hydrogen-bond donors (Lipinski definition) is 2. The first kappa shape index (κ1) is 12.9. The predicted octanol–water partition coefficient (Wildman–Crippen LogP) is 4.04. The maximum absolute atomic E-state index is 12.4. The van der Waals surface area contributed by atoms with Crippen molar-refractivity contribution in [1.29, 1.82) is 0 Å². The van der Waals surface area contributed by atoms with Crippen LogP contribution in [0.3, 0.4) is 0 Å². The van der Waals surface area contributed by atoms with E-state index >= 15 is 0 Å². The summed E-state index contributed by atoms with van der Waals surface area (Å²) < 4.78 is 12.4. The lowest BCUT2D eigenvalue weighted by atomic mass is 10.3. The molecule has 2 aromatic rings. The van der Waals surface area contributed by atoms with E-state index in [2.05, 4.69) is 12.6 Å². The Hall–Kier alpha value is -1.19. The van der Waals surface area contributed by atoms with Gasteiger partial charge in [-0.05, 0) is 30.3 Å². The van der Waals surface area contributed by atoms with Crippen molar-refractivity contribution in [2.75, 3.05) is 5.73 Å². The van der Waals surface area contributed by atoms with Crippen LogP contribution in [-0.4, -0.2) is 0 Å². The molecule has 0 saturated carbocycles. The van der Waals surface area contributed by atoms with Crippen molar-refractivity contribution in [2.45, 2.75) is 4.90 Å². The maximum atomic E-state index is 12.4. The Morgan fingerprint density at radius 1 is 1.06 bits per heavy atom. The summed E-state index contributed by atoms with van der Waals surface area (Å²) in [5, 5.41) is 0.363. The Morgan fingerprint density at radius 3 is 2.06 bits per heavy atom. The molecule has 16 heavy (non-hydrogen) atoms. The number of nitrogen functional groups attached to an aromatic ring is 1. The summed E-state index contributed by atoms with van der Waals surface area (Å²) >= 11 is 9.51. The largest absolute Gasteiger partial charge is 0.396 e. The zero-order valence-electron chi connectivity index (χ0n) is 8.40. The van der Waals surface area contributed by atoms with Gasteiger partial charge >= 0.3 is 0 Å². The summed E-state index contributed by atoms with van der Waals surface area (Å²) in [7, 11) is 0. The topological polar surface area (TPSA) is 26.0 Å². The van der Waals surface area contributed by atoms with Gasteiger partial charge in [-0.3, -0.25) is 0 Å². The first-order valence-corrected chi connectivity index (χ1v) is 5.36. The molecule has 2 aromatic carbocycles. The van der Waals surface area contributed by atoms with E-state index in [9.17, 15) is 4.39 Å². The number of rotatable bonds is 0. The second-order valence-corrected chi connectivity index (χ2v) is 3.95. The van der Waals surface area contributed by atoms with Crippen LogP contribution in [0.1, 0.15) is 0 Å². The summed E-state index contributed by atoms with van der Waals surface area (Å²) in [6, 6.07) is 13.9. The van der Waals surface area contributed by atoms with Crippen LogP contribution >= 0.6 is 24.2 Å². The standard InChI is InChI=1S/C6H5ClFN.C6H6S/c7-4-1-2-6(9)5(8)3-4;7-6-4-2-1-3-5-6/h1-3H,9H2;1-5,7H. The van der Waals surface area contributed by atoms with Crippen molar-refractivity contribution >= 4 is 29.9 Å². The number of hydrogen-bond acceptors (Lipinski definition) is 2. The van der Waals surface area contributed by atoms with Crippen molar-refractivity contribution in [3.05, 3.63) is 59.4 Å². The van der Waals surface area contributed by atoms with E-state index in [4.69, 9.17) is 17.3 Å². The smallest absolute Gasteiger partial charge is 0.147 e. The van der Waals surface area contributed by atoms with Crippen LogP contribution in [0.2, 0.25) is 5.02 Å². The molecule has 0 aliphatic carbocycles. The van der Waals surface area contributed by atoms with Gasteiger partial charge in [0.2, 0.25) is 0 Å². The fraction of sp³-hybridized carbons (Fsp3) is 0. The van der Waals surface area contributed by atoms with E-state index in [-0.39, 0.29) is 5.69 Å². The normalized spacial score (nSPS) is 9.19. The molecule has 0 aliphatic heterocycles. The summed E-state index contributed by atoms with van der Waals surface area (Å²) in [5.74, 6) is -0.470. The Kier molecular flexibility index (Phi) is 5.15. The highest BCUT2D eigenvalue weighted by atomic mass is 35.5. The van der Waals surface area contributed by atoms with Gasteiger partial charge in [-0.15, -0.1) is 12.6 Å². The molecule has 0 aromatic heterocycles. The Morgan fingerprint density at radius 2 is 1.69 bits per heavy atom. The van der Waals surface area contributed by atoms with Crippen molar-refractivity contribution < 1.29 is 4.39 Å². The highest BCUT2D eigenvalue weighted by Crippen LogP contribution is 2.15. The van der Waals surface area contributed by atoms with E-state index in [1.165, 1.54) is 12.1 Å². The van der Waals surface area contributed by atoms with Gasteiger partial charge < -0.3 is 5.73 Å². The highest BCUT2D eigenvalue weighted by Gasteiger charge is 1.95. The number of thiol groups is 1. The Bertz CT molecular complexity index is 448. The monoisotopic (exact) mass is 255 g/mol. The molecule has 0 saturated heterocycles. The average Bonchev–Trinajstić information content (AvgIpc) is 2.26. The number of benzene rings is 2. The minimum absolute atomic E-state index is 0.124. The average molecular weight is 256 g/mol. The zero-order chi connectivity index (χ0) is 12.0. The van der Waals surface area contributed by atoms with Crippen LogP contribution in [0.4, 0.5) is 10.1 Å². The molecule has 0 fully saturated rings. The SMILES string of the molecule is Nc1ccc(Cl)cc1F.Sc1ccccc1. The quantitative estimate of drug-likeness (QED) is 0.539. The second kappa shape index (κ2) is 6.40. The molecule has 0 amide bonds. The highest BCUT2D eigenvalue weighted by molar-refractivity contribution is 7.80. The van der Waals surface area contributed by atoms with E-state index < -0.39 is 5.82 Å². The van der Waals surface area contributed by atoms with Crippen LogP contribution in [0, 0.1) is 5.82 Å². The fourth-order valence-electron chi connectivity index (χ4n) is 0.929. The van der Waals surface area contributed by atoms with Gasteiger partial charge in [0, 0.05) is 9.92 Å². The number of nitrogens with two attached hydrogens (primary N) is 1. The molecule has 0 heterocycles. The Balaban J connectivity index is 0.000000165. The van der Waals surface area contributed by atoms with Crippen LogP contribution in [0.25, 0.3) is 0 Å². The van der Waals surface area contributed by atoms with Gasteiger partial charge in [0.25, 0.3) is 0 Å². The van der Waals surface area contributed by atoms with Crippen LogP contribution in [-0.2, 0) is 0 Å². The molecule has 0 radical (unpaired) electrons. The third-order valence-electron chi connectivity index (χ3n) is 1.72. The van der Waals surface area contributed by atoms with E-state index in [1.54, 1.807) is 6.07 Å². The fourth-order valence-corrected chi connectivity index (χ4v) is 1.26. The molecule has 4 heteroatoms. The van der Waals surface area contributed by atoms with Crippen molar-refractivity contribution in [2.24, 2.45) is 0 Å². The van der Waals surface area contributed by atoms with Crippen molar-refractivity contribution in [3.8, 4) is 0 Å². The molecule has 0 aliphatic rings. The number of halogens is 2. The Labute approximate surface area is 104 Å².